The van der Waals surface area contributed by atoms with Crippen molar-refractivity contribution < 1.29 is 14.0 Å². The van der Waals surface area contributed by atoms with Crippen LogP contribution in [0.15, 0.2) is 54.6 Å². The third-order valence-corrected chi connectivity index (χ3v) is 4.98. The molecule has 142 valence electrons. The summed E-state index contributed by atoms with van der Waals surface area (Å²) in [6.07, 6.45) is 1.23. The molecular formula is C21H24FN3O2. The van der Waals surface area contributed by atoms with E-state index in [1.54, 1.807) is 17.0 Å². The molecule has 1 heterocycles. The molecule has 0 aromatic heterocycles. The van der Waals surface area contributed by atoms with E-state index in [-0.39, 0.29) is 23.5 Å². The molecule has 0 radical (unpaired) electrons. The van der Waals surface area contributed by atoms with Crippen LogP contribution in [-0.2, 0) is 16.1 Å². The van der Waals surface area contributed by atoms with E-state index in [9.17, 15) is 14.0 Å². The molecule has 1 aliphatic heterocycles. The molecule has 1 aliphatic rings. The number of benzene rings is 2. The fourth-order valence-electron chi connectivity index (χ4n) is 3.30. The van der Waals surface area contributed by atoms with Crippen LogP contribution < -0.4 is 11.1 Å². The number of likely N-dealkylation sites (tertiary alicyclic amines) is 1. The number of nitrogens with one attached hydrogen (secondary N) is 1. The number of hydrogen-bond acceptors (Lipinski definition) is 3. The second-order valence-electron chi connectivity index (χ2n) is 6.83. The predicted octanol–water partition coefficient (Wildman–Crippen LogP) is 2.38. The largest absolute Gasteiger partial charge is 0.352 e. The highest BCUT2D eigenvalue weighted by atomic mass is 19.1. The van der Waals surface area contributed by atoms with Gasteiger partial charge in [-0.25, -0.2) is 4.39 Å². The molecule has 0 bridgehead atoms. The van der Waals surface area contributed by atoms with Gasteiger partial charge in [0, 0.05) is 25.6 Å². The molecule has 5 nitrogen and oxygen atoms in total. The summed E-state index contributed by atoms with van der Waals surface area (Å²) in [5.74, 6) is -0.552. The van der Waals surface area contributed by atoms with Gasteiger partial charge in [-0.05, 0) is 36.1 Å². The fourth-order valence-corrected chi connectivity index (χ4v) is 3.30. The summed E-state index contributed by atoms with van der Waals surface area (Å²) >= 11 is 0. The number of rotatable bonds is 5. The average Bonchev–Trinajstić information content (AvgIpc) is 2.73. The Bertz CT molecular complexity index is 772. The summed E-state index contributed by atoms with van der Waals surface area (Å²) in [6.45, 7) is 1.42. The molecule has 0 aliphatic carbocycles. The van der Waals surface area contributed by atoms with Gasteiger partial charge in [0.05, 0.1) is 0 Å². The zero-order chi connectivity index (χ0) is 19.2. The lowest BCUT2D eigenvalue weighted by molar-refractivity contribution is -0.136. The molecule has 27 heavy (non-hydrogen) atoms. The highest BCUT2D eigenvalue weighted by molar-refractivity contribution is 5.84. The molecule has 3 N–H and O–H groups in total. The van der Waals surface area contributed by atoms with Crippen molar-refractivity contribution >= 4 is 11.8 Å². The van der Waals surface area contributed by atoms with Gasteiger partial charge in [-0.15, -0.1) is 0 Å². The van der Waals surface area contributed by atoms with Crippen molar-refractivity contribution in [2.75, 3.05) is 13.1 Å². The Kier molecular flexibility index (Phi) is 6.19. The maximum atomic E-state index is 12.9. The van der Waals surface area contributed by atoms with E-state index >= 15 is 0 Å². The zero-order valence-electron chi connectivity index (χ0n) is 15.1. The van der Waals surface area contributed by atoms with Gasteiger partial charge < -0.3 is 16.0 Å². The van der Waals surface area contributed by atoms with Crippen molar-refractivity contribution in [1.29, 1.82) is 0 Å². The number of carbonyl (C=O) groups excluding carboxylic acids is 2. The van der Waals surface area contributed by atoms with Gasteiger partial charge in [-0.2, -0.15) is 0 Å². The first-order chi connectivity index (χ1) is 13.0. The van der Waals surface area contributed by atoms with Crippen LogP contribution in [0.5, 0.6) is 0 Å². The van der Waals surface area contributed by atoms with E-state index in [2.05, 4.69) is 5.32 Å². The van der Waals surface area contributed by atoms with Gasteiger partial charge in [-0.1, -0.05) is 42.5 Å². The number of piperidine rings is 1. The lowest BCUT2D eigenvalue weighted by atomic mass is 9.95. The zero-order valence-corrected chi connectivity index (χ0v) is 15.1. The molecule has 0 spiro atoms. The number of nitrogens with zero attached hydrogens (tertiary/aromatic N) is 1. The third kappa shape index (κ3) is 4.92. The van der Waals surface area contributed by atoms with E-state index in [1.807, 2.05) is 30.3 Å². The summed E-state index contributed by atoms with van der Waals surface area (Å²) < 4.78 is 12.9. The monoisotopic (exact) mass is 369 g/mol. The lowest BCUT2D eigenvalue weighted by Crippen LogP contribution is -2.45. The maximum absolute atomic E-state index is 12.9. The first-order valence-corrected chi connectivity index (χ1v) is 9.16. The number of carbonyl (C=O) groups is 2. The summed E-state index contributed by atoms with van der Waals surface area (Å²) in [6, 6.07) is 14.7. The van der Waals surface area contributed by atoms with E-state index in [1.165, 1.54) is 12.1 Å². The van der Waals surface area contributed by atoms with Crippen molar-refractivity contribution in [1.82, 2.24) is 10.2 Å². The van der Waals surface area contributed by atoms with Crippen LogP contribution in [-0.4, -0.2) is 29.8 Å². The second kappa shape index (κ2) is 8.77. The van der Waals surface area contributed by atoms with Crippen LogP contribution in [0.1, 0.15) is 30.0 Å². The quantitative estimate of drug-likeness (QED) is 0.850. The predicted molar refractivity (Wildman–Crippen MR) is 101 cm³/mol. The van der Waals surface area contributed by atoms with Crippen LogP contribution in [0.2, 0.25) is 0 Å². The first-order valence-electron chi connectivity index (χ1n) is 9.16. The Hall–Kier alpha value is -2.73. The van der Waals surface area contributed by atoms with Crippen LogP contribution in [0, 0.1) is 11.7 Å². The number of amides is 2. The van der Waals surface area contributed by atoms with Gasteiger partial charge in [0.25, 0.3) is 0 Å². The molecule has 6 heteroatoms. The third-order valence-electron chi connectivity index (χ3n) is 4.98. The Morgan fingerprint density at radius 3 is 2.33 bits per heavy atom. The molecule has 2 aromatic carbocycles. The normalized spacial score (nSPS) is 16.0. The van der Waals surface area contributed by atoms with Gasteiger partial charge in [0.1, 0.15) is 11.9 Å². The molecular weight excluding hydrogens is 345 g/mol. The average molecular weight is 369 g/mol. The SMILES string of the molecule is NC(C(=O)N1CCC(C(=O)NCc2ccc(F)cc2)CC1)c1ccccc1. The van der Waals surface area contributed by atoms with Crippen LogP contribution in [0.3, 0.4) is 0 Å². The molecule has 3 rings (SSSR count). The summed E-state index contributed by atoms with van der Waals surface area (Å²) in [4.78, 5) is 26.7. The standard InChI is InChI=1S/C21H24FN3O2/c22-18-8-6-15(7-9-18)14-24-20(26)17-10-12-25(13-11-17)21(27)19(23)16-4-2-1-3-5-16/h1-9,17,19H,10-14,23H2,(H,24,26). The lowest BCUT2D eigenvalue weighted by Gasteiger charge is -2.33. The van der Waals surface area contributed by atoms with Crippen molar-refractivity contribution in [2.24, 2.45) is 11.7 Å². The highest BCUT2D eigenvalue weighted by Crippen LogP contribution is 2.21. The van der Waals surface area contributed by atoms with E-state index < -0.39 is 6.04 Å². The summed E-state index contributed by atoms with van der Waals surface area (Å²) in [5.41, 5.74) is 7.74. The highest BCUT2D eigenvalue weighted by Gasteiger charge is 2.29. The fraction of sp³-hybridized carbons (Fsp3) is 0.333. The van der Waals surface area contributed by atoms with E-state index in [0.717, 1.165) is 11.1 Å². The molecule has 1 fully saturated rings. The van der Waals surface area contributed by atoms with E-state index in [4.69, 9.17) is 5.73 Å². The smallest absolute Gasteiger partial charge is 0.244 e. The summed E-state index contributed by atoms with van der Waals surface area (Å²) in [7, 11) is 0. The van der Waals surface area contributed by atoms with Gasteiger partial charge in [0.15, 0.2) is 0 Å². The Labute approximate surface area is 158 Å². The number of halogens is 1. The summed E-state index contributed by atoms with van der Waals surface area (Å²) in [5, 5.41) is 2.89. The van der Waals surface area contributed by atoms with Crippen molar-refractivity contribution in [2.45, 2.75) is 25.4 Å². The van der Waals surface area contributed by atoms with Gasteiger partial charge in [-0.3, -0.25) is 9.59 Å². The second-order valence-corrected chi connectivity index (χ2v) is 6.83. The molecule has 1 unspecified atom stereocenters. The Balaban J connectivity index is 1.47. The number of hydrogen-bond donors (Lipinski definition) is 2. The Morgan fingerprint density at radius 1 is 1.07 bits per heavy atom. The topological polar surface area (TPSA) is 75.4 Å². The van der Waals surface area contributed by atoms with Crippen molar-refractivity contribution in [3.8, 4) is 0 Å². The van der Waals surface area contributed by atoms with Crippen molar-refractivity contribution in [3.05, 3.63) is 71.5 Å². The molecule has 1 saturated heterocycles. The van der Waals surface area contributed by atoms with Crippen LogP contribution in [0.4, 0.5) is 4.39 Å². The van der Waals surface area contributed by atoms with Crippen LogP contribution in [0.25, 0.3) is 0 Å². The van der Waals surface area contributed by atoms with Crippen molar-refractivity contribution in [3.63, 3.8) is 0 Å². The minimum absolute atomic E-state index is 0.0289. The Morgan fingerprint density at radius 2 is 1.70 bits per heavy atom. The minimum atomic E-state index is -0.671. The van der Waals surface area contributed by atoms with Gasteiger partial charge >= 0.3 is 0 Å². The molecule has 2 amide bonds. The minimum Gasteiger partial charge on any atom is -0.352 e. The van der Waals surface area contributed by atoms with E-state index in [0.29, 0.717) is 32.5 Å². The molecule has 1 atom stereocenters. The van der Waals surface area contributed by atoms with Crippen LogP contribution >= 0.6 is 0 Å². The maximum Gasteiger partial charge on any atom is 0.244 e. The number of nitrogens with two attached hydrogens (primary N) is 1. The molecule has 2 aromatic rings. The first kappa shape index (κ1) is 19.0. The molecule has 0 saturated carbocycles. The van der Waals surface area contributed by atoms with Gasteiger partial charge in [0.2, 0.25) is 11.8 Å².